The summed E-state index contributed by atoms with van der Waals surface area (Å²) in [7, 11) is -2.48. The number of rotatable bonds is 18. The van der Waals surface area contributed by atoms with Crippen molar-refractivity contribution in [3.63, 3.8) is 0 Å². The Morgan fingerprint density at radius 2 is 1.48 bits per heavy atom. The lowest BCUT2D eigenvalue weighted by atomic mass is 9.86. The van der Waals surface area contributed by atoms with E-state index in [1.165, 1.54) is 0 Å². The Kier molecular flexibility index (Phi) is 15.4. The second kappa shape index (κ2) is 18.4. The normalized spacial score (nSPS) is 18.7. The quantitative estimate of drug-likeness (QED) is 0.0866. The number of hydrogen-bond donors (Lipinski definition) is 0. The largest absolute Gasteiger partial charge is 0.497 e. The van der Waals surface area contributed by atoms with Crippen LogP contribution in [0.1, 0.15) is 92.7 Å². The third kappa shape index (κ3) is 10.6. The minimum absolute atomic E-state index is 0.0473. The molecule has 50 heavy (non-hydrogen) atoms. The third-order valence-electron chi connectivity index (χ3n) is 11.1. The van der Waals surface area contributed by atoms with E-state index in [4.69, 9.17) is 23.1 Å². The SMILES string of the molecule is COc1ccc(COC[C@]2(CCCO[Si](C(C)C)(C(C)C)C(C)C)C=CC[C@H](CO[Si](C)(C)C(C)(C)C)N2C(=O)OCc2ccccc2)cc1. The predicted molar refractivity (Wildman–Crippen MR) is 211 cm³/mol. The van der Waals surface area contributed by atoms with Crippen molar-refractivity contribution in [3.05, 3.63) is 77.9 Å². The number of benzene rings is 2. The van der Waals surface area contributed by atoms with Crippen LogP contribution in [0.25, 0.3) is 0 Å². The molecule has 1 aliphatic heterocycles. The molecule has 0 unspecified atom stereocenters. The molecule has 2 aromatic carbocycles. The summed E-state index contributed by atoms with van der Waals surface area (Å²) in [4.78, 5) is 16.4. The lowest BCUT2D eigenvalue weighted by Gasteiger charge is -2.49. The molecule has 1 aliphatic rings. The van der Waals surface area contributed by atoms with Gasteiger partial charge < -0.3 is 23.1 Å². The fourth-order valence-electron chi connectivity index (χ4n) is 7.37. The maximum atomic E-state index is 14.4. The Balaban J connectivity index is 1.96. The number of hydrogen-bond acceptors (Lipinski definition) is 6. The number of nitrogens with zero attached hydrogens (tertiary/aromatic N) is 1. The summed E-state index contributed by atoms with van der Waals surface area (Å²) < 4.78 is 31.8. The lowest BCUT2D eigenvalue weighted by molar-refractivity contribution is -0.0321. The number of amides is 1. The highest BCUT2D eigenvalue weighted by atomic mass is 28.4. The summed E-state index contributed by atoms with van der Waals surface area (Å²) in [5.41, 5.74) is 2.76. The van der Waals surface area contributed by atoms with Gasteiger partial charge in [-0.2, -0.15) is 0 Å². The highest BCUT2D eigenvalue weighted by molar-refractivity contribution is 6.77. The molecule has 0 N–H and O–H groups in total. The van der Waals surface area contributed by atoms with Crippen LogP contribution in [0.3, 0.4) is 0 Å². The van der Waals surface area contributed by atoms with E-state index in [1.54, 1.807) is 7.11 Å². The molecule has 0 aliphatic carbocycles. The molecule has 280 valence electrons. The van der Waals surface area contributed by atoms with E-state index in [9.17, 15) is 4.79 Å². The standard InChI is InChI=1S/C41H67NO6Si2/c1-32(2)50(33(3)4,34(5)6)47-27-17-26-41(31-45-28-36-21-23-38(44-10)24-22-36)25-16-20-37(30-48-49(11,12)40(7,8)9)42(41)39(43)46-29-35-18-14-13-15-19-35/h13-16,18-19,21-25,32-34,37H,17,20,26-31H2,1-12H3/t37-,41-/m1/s1. The predicted octanol–water partition coefficient (Wildman–Crippen LogP) is 10.9. The summed E-state index contributed by atoms with van der Waals surface area (Å²) in [5, 5.41) is 0.0473. The molecule has 0 bridgehead atoms. The molecule has 0 spiro atoms. The van der Waals surface area contributed by atoms with Crippen molar-refractivity contribution in [1.82, 2.24) is 4.90 Å². The summed E-state index contributed by atoms with van der Waals surface area (Å²) in [6, 6.07) is 17.6. The van der Waals surface area contributed by atoms with Crippen LogP contribution in [0.2, 0.25) is 34.8 Å². The van der Waals surface area contributed by atoms with Gasteiger partial charge in [-0.3, -0.25) is 4.90 Å². The fourth-order valence-corrected chi connectivity index (χ4v) is 13.9. The van der Waals surface area contributed by atoms with Gasteiger partial charge >= 0.3 is 6.09 Å². The summed E-state index contributed by atoms with van der Waals surface area (Å²) in [6.45, 7) is 27.2. The third-order valence-corrected chi connectivity index (χ3v) is 21.7. The molecule has 2 atom stereocenters. The second-order valence-electron chi connectivity index (χ2n) is 16.5. The van der Waals surface area contributed by atoms with Crippen LogP contribution in [0.15, 0.2) is 66.7 Å². The molecule has 3 rings (SSSR count). The molecule has 0 fully saturated rings. The zero-order valence-corrected chi connectivity index (χ0v) is 35.2. The van der Waals surface area contributed by atoms with Crippen LogP contribution in [0, 0.1) is 0 Å². The molecule has 0 aromatic heterocycles. The van der Waals surface area contributed by atoms with Crippen LogP contribution < -0.4 is 4.74 Å². The first kappa shape index (κ1) is 42.0. The summed E-state index contributed by atoms with van der Waals surface area (Å²) in [5.74, 6) is 0.807. The molecule has 7 nitrogen and oxygen atoms in total. The highest BCUT2D eigenvalue weighted by Crippen LogP contribution is 2.43. The van der Waals surface area contributed by atoms with E-state index in [0.717, 1.165) is 23.3 Å². The highest BCUT2D eigenvalue weighted by Gasteiger charge is 2.48. The molecule has 1 heterocycles. The molecule has 1 amide bonds. The smallest absolute Gasteiger partial charge is 0.411 e. The zero-order chi connectivity index (χ0) is 37.2. The first-order valence-corrected chi connectivity index (χ1v) is 23.7. The Labute approximate surface area is 306 Å². The first-order chi connectivity index (χ1) is 23.5. The topological polar surface area (TPSA) is 66.5 Å². The Hall–Kier alpha value is -2.44. The van der Waals surface area contributed by atoms with Crippen molar-refractivity contribution in [1.29, 1.82) is 0 Å². The molecule has 0 radical (unpaired) electrons. The van der Waals surface area contributed by atoms with E-state index in [2.05, 4.69) is 87.6 Å². The van der Waals surface area contributed by atoms with E-state index >= 15 is 0 Å². The van der Waals surface area contributed by atoms with Gasteiger partial charge in [0.05, 0.1) is 38.5 Å². The van der Waals surface area contributed by atoms with Crippen molar-refractivity contribution in [3.8, 4) is 5.75 Å². The van der Waals surface area contributed by atoms with Gasteiger partial charge in [-0.05, 0) is 77.3 Å². The number of carbonyl (C=O) groups excluding carboxylic acids is 1. The summed E-state index contributed by atoms with van der Waals surface area (Å²) in [6.07, 6.45) is 6.22. The average Bonchev–Trinajstić information content (AvgIpc) is 3.06. The van der Waals surface area contributed by atoms with Gasteiger partial charge in [0.1, 0.15) is 12.4 Å². The van der Waals surface area contributed by atoms with Gasteiger partial charge in [0.2, 0.25) is 0 Å². The Morgan fingerprint density at radius 1 is 0.880 bits per heavy atom. The van der Waals surface area contributed by atoms with Crippen molar-refractivity contribution >= 4 is 22.7 Å². The fraction of sp³-hybridized carbons (Fsp3) is 0.634. The van der Waals surface area contributed by atoms with Crippen LogP contribution in [0.4, 0.5) is 4.79 Å². The maximum absolute atomic E-state index is 14.4. The maximum Gasteiger partial charge on any atom is 0.411 e. The van der Waals surface area contributed by atoms with E-state index in [1.807, 2.05) is 59.5 Å². The van der Waals surface area contributed by atoms with Crippen LogP contribution in [-0.4, -0.2) is 66.1 Å². The van der Waals surface area contributed by atoms with Crippen molar-refractivity contribution in [2.45, 2.75) is 141 Å². The molecular formula is C41H67NO6Si2. The van der Waals surface area contributed by atoms with Crippen LogP contribution >= 0.6 is 0 Å². The lowest BCUT2D eigenvalue weighted by Crippen LogP contribution is -2.61. The van der Waals surface area contributed by atoms with Gasteiger partial charge in [-0.1, -0.05) is 117 Å². The number of carbonyl (C=O) groups is 1. The van der Waals surface area contributed by atoms with E-state index in [-0.39, 0.29) is 23.8 Å². The van der Waals surface area contributed by atoms with E-state index in [0.29, 0.717) is 55.9 Å². The summed E-state index contributed by atoms with van der Waals surface area (Å²) >= 11 is 0. The van der Waals surface area contributed by atoms with Crippen molar-refractivity contribution < 1.29 is 27.9 Å². The Bertz CT molecular complexity index is 1320. The molecule has 0 saturated carbocycles. The average molecular weight is 726 g/mol. The molecular weight excluding hydrogens is 659 g/mol. The first-order valence-electron chi connectivity index (χ1n) is 18.7. The van der Waals surface area contributed by atoms with Crippen LogP contribution in [0.5, 0.6) is 5.75 Å². The molecule has 2 aromatic rings. The van der Waals surface area contributed by atoms with Gasteiger partial charge in [-0.15, -0.1) is 0 Å². The van der Waals surface area contributed by atoms with Crippen LogP contribution in [-0.2, 0) is 31.5 Å². The van der Waals surface area contributed by atoms with Crippen molar-refractivity contribution in [2.24, 2.45) is 0 Å². The van der Waals surface area contributed by atoms with Gasteiger partial charge in [0.15, 0.2) is 16.6 Å². The second-order valence-corrected chi connectivity index (χ2v) is 26.8. The van der Waals surface area contributed by atoms with E-state index < -0.39 is 22.2 Å². The van der Waals surface area contributed by atoms with Gasteiger partial charge in [0, 0.05) is 6.61 Å². The zero-order valence-electron chi connectivity index (χ0n) is 33.2. The monoisotopic (exact) mass is 725 g/mol. The van der Waals surface area contributed by atoms with Gasteiger partial charge in [-0.25, -0.2) is 4.79 Å². The van der Waals surface area contributed by atoms with Crippen molar-refractivity contribution in [2.75, 3.05) is 26.9 Å². The number of methoxy groups -OCH3 is 1. The number of ether oxygens (including phenoxy) is 3. The van der Waals surface area contributed by atoms with Gasteiger partial charge in [0.25, 0.3) is 0 Å². The minimum atomic E-state index is -2.09. The minimum Gasteiger partial charge on any atom is -0.497 e. The Morgan fingerprint density at radius 3 is 2.04 bits per heavy atom. The molecule has 9 heteroatoms. The molecule has 0 saturated heterocycles.